The Morgan fingerprint density at radius 1 is 1.46 bits per heavy atom. The van der Waals surface area contributed by atoms with E-state index >= 15 is 0 Å². The van der Waals surface area contributed by atoms with Crippen LogP contribution in [0.2, 0.25) is 0 Å². The molecule has 2 atom stereocenters. The molecule has 1 saturated heterocycles. The molecule has 2 aromatic heterocycles. The Morgan fingerprint density at radius 2 is 2.33 bits per heavy atom. The van der Waals surface area contributed by atoms with Crippen molar-refractivity contribution in [3.05, 3.63) is 35.5 Å². The summed E-state index contributed by atoms with van der Waals surface area (Å²) in [6, 6.07) is 3.92. The number of aryl methyl sites for hydroxylation is 1. The fourth-order valence-electron chi connectivity index (χ4n) is 2.86. The normalized spacial score (nSPS) is 19.2. The van der Waals surface area contributed by atoms with Crippen LogP contribution in [0.3, 0.4) is 0 Å². The topological polar surface area (TPSA) is 70.2 Å². The minimum atomic E-state index is -0.142. The minimum Gasteiger partial charge on any atom is -0.370 e. The fraction of sp³-hybridized carbons (Fsp3) is 0.471. The second-order valence-corrected chi connectivity index (χ2v) is 7.15. The number of anilines is 2. The minimum absolute atomic E-state index is 0.0127. The van der Waals surface area contributed by atoms with Gasteiger partial charge in [-0.05, 0) is 44.4 Å². The predicted molar refractivity (Wildman–Crippen MR) is 97.3 cm³/mol. The number of thiazole rings is 1. The molecule has 1 fully saturated rings. The molecule has 2 aromatic rings. The van der Waals surface area contributed by atoms with Crippen LogP contribution in [0.4, 0.5) is 10.9 Å². The molecule has 0 unspecified atom stereocenters. The Bertz CT molecular complexity index is 658. The lowest BCUT2D eigenvalue weighted by Gasteiger charge is -2.23. The molecule has 3 rings (SSSR count). The number of carbonyl (C=O) groups excluding carboxylic acids is 1. The molecule has 0 bridgehead atoms. The van der Waals surface area contributed by atoms with E-state index in [1.54, 1.807) is 6.20 Å². The first kappa shape index (κ1) is 16.9. The summed E-state index contributed by atoms with van der Waals surface area (Å²) in [6.45, 7) is 6.74. The number of nitrogens with zero attached hydrogens (tertiary/aromatic N) is 3. The van der Waals surface area contributed by atoms with Crippen molar-refractivity contribution in [1.82, 2.24) is 14.9 Å². The summed E-state index contributed by atoms with van der Waals surface area (Å²) >= 11 is 1.44. The smallest absolute Gasteiger partial charge is 0.243 e. The van der Waals surface area contributed by atoms with E-state index in [1.807, 2.05) is 31.5 Å². The van der Waals surface area contributed by atoms with Crippen LogP contribution in [0.5, 0.6) is 0 Å². The number of hydrogen-bond acceptors (Lipinski definition) is 6. The SMILES string of the molecule is Cc1ccc(NC[C@@H]2CCN([C@@H](C)C(=O)Nc3nccs3)C2)nc1. The van der Waals surface area contributed by atoms with Gasteiger partial charge in [0, 0.05) is 30.9 Å². The second-order valence-electron chi connectivity index (χ2n) is 6.25. The van der Waals surface area contributed by atoms with Gasteiger partial charge in [-0.2, -0.15) is 0 Å². The lowest BCUT2D eigenvalue weighted by atomic mass is 10.1. The molecule has 1 aliphatic heterocycles. The third kappa shape index (κ3) is 4.30. The maximum atomic E-state index is 12.3. The van der Waals surface area contributed by atoms with Crippen molar-refractivity contribution in [2.24, 2.45) is 5.92 Å². The molecule has 0 aliphatic carbocycles. The molecule has 2 N–H and O–H groups in total. The van der Waals surface area contributed by atoms with Gasteiger partial charge < -0.3 is 10.6 Å². The zero-order valence-electron chi connectivity index (χ0n) is 14.0. The van der Waals surface area contributed by atoms with Gasteiger partial charge in [0.15, 0.2) is 5.13 Å². The molecule has 0 aromatic carbocycles. The molecule has 0 spiro atoms. The number of likely N-dealkylation sites (tertiary alicyclic amines) is 1. The Labute approximate surface area is 146 Å². The van der Waals surface area contributed by atoms with Crippen molar-refractivity contribution in [3.63, 3.8) is 0 Å². The average Bonchev–Trinajstić information content (AvgIpc) is 3.25. The summed E-state index contributed by atoms with van der Waals surface area (Å²) in [5, 5.41) is 8.79. The van der Waals surface area contributed by atoms with E-state index in [4.69, 9.17) is 0 Å². The van der Waals surface area contributed by atoms with Crippen molar-refractivity contribution in [1.29, 1.82) is 0 Å². The highest BCUT2D eigenvalue weighted by Gasteiger charge is 2.29. The monoisotopic (exact) mass is 345 g/mol. The Balaban J connectivity index is 1.45. The van der Waals surface area contributed by atoms with Crippen molar-refractivity contribution < 1.29 is 4.79 Å². The summed E-state index contributed by atoms with van der Waals surface area (Å²) < 4.78 is 0. The molecule has 1 aliphatic rings. The van der Waals surface area contributed by atoms with Gasteiger partial charge in [-0.25, -0.2) is 9.97 Å². The average molecular weight is 345 g/mol. The number of amides is 1. The van der Waals surface area contributed by atoms with Gasteiger partial charge >= 0.3 is 0 Å². The van der Waals surface area contributed by atoms with E-state index in [1.165, 1.54) is 11.3 Å². The number of hydrogen-bond donors (Lipinski definition) is 2. The number of rotatable bonds is 6. The maximum absolute atomic E-state index is 12.3. The van der Waals surface area contributed by atoms with Gasteiger partial charge in [0.1, 0.15) is 5.82 Å². The molecule has 128 valence electrons. The first-order chi connectivity index (χ1) is 11.6. The van der Waals surface area contributed by atoms with Gasteiger partial charge in [0.2, 0.25) is 5.91 Å². The van der Waals surface area contributed by atoms with Crippen LogP contribution in [-0.4, -0.2) is 46.5 Å². The summed E-state index contributed by atoms with van der Waals surface area (Å²) in [7, 11) is 0. The van der Waals surface area contributed by atoms with Gasteiger partial charge in [0.25, 0.3) is 0 Å². The van der Waals surface area contributed by atoms with E-state index < -0.39 is 0 Å². The molecule has 6 nitrogen and oxygen atoms in total. The quantitative estimate of drug-likeness (QED) is 0.842. The highest BCUT2D eigenvalue weighted by molar-refractivity contribution is 7.13. The molecule has 1 amide bonds. The molecule has 0 radical (unpaired) electrons. The molecule has 0 saturated carbocycles. The van der Waals surface area contributed by atoms with Crippen LogP contribution in [0, 0.1) is 12.8 Å². The molecule has 3 heterocycles. The van der Waals surface area contributed by atoms with Gasteiger partial charge in [-0.15, -0.1) is 11.3 Å². The van der Waals surface area contributed by atoms with Crippen LogP contribution in [-0.2, 0) is 4.79 Å². The summed E-state index contributed by atoms with van der Waals surface area (Å²) in [5.74, 6) is 1.45. The van der Waals surface area contributed by atoms with Crippen LogP contribution < -0.4 is 10.6 Å². The van der Waals surface area contributed by atoms with E-state index in [0.717, 1.165) is 37.4 Å². The molecule has 7 heteroatoms. The van der Waals surface area contributed by atoms with Crippen LogP contribution in [0.25, 0.3) is 0 Å². The maximum Gasteiger partial charge on any atom is 0.243 e. The van der Waals surface area contributed by atoms with E-state index in [-0.39, 0.29) is 11.9 Å². The van der Waals surface area contributed by atoms with Crippen molar-refractivity contribution >= 4 is 28.2 Å². The largest absolute Gasteiger partial charge is 0.370 e. The van der Waals surface area contributed by atoms with Crippen molar-refractivity contribution in [2.75, 3.05) is 30.3 Å². The lowest BCUT2D eigenvalue weighted by Crippen LogP contribution is -2.41. The molecule has 24 heavy (non-hydrogen) atoms. The van der Waals surface area contributed by atoms with Crippen LogP contribution in [0.15, 0.2) is 29.9 Å². The van der Waals surface area contributed by atoms with Crippen LogP contribution in [0.1, 0.15) is 18.9 Å². The fourth-order valence-corrected chi connectivity index (χ4v) is 3.39. The van der Waals surface area contributed by atoms with E-state index in [0.29, 0.717) is 11.0 Å². The zero-order chi connectivity index (χ0) is 16.9. The summed E-state index contributed by atoms with van der Waals surface area (Å²) in [4.78, 5) is 23.0. The van der Waals surface area contributed by atoms with E-state index in [9.17, 15) is 4.79 Å². The zero-order valence-corrected chi connectivity index (χ0v) is 14.8. The third-order valence-electron chi connectivity index (χ3n) is 4.39. The standard InChI is InChI=1S/C17H23N5OS/c1-12-3-4-15(19-9-12)20-10-14-5-7-22(11-14)13(2)16(23)21-17-18-6-8-24-17/h3-4,6,8-9,13-14H,5,7,10-11H2,1-2H3,(H,19,20)(H,18,21,23)/t13-,14-/m0/s1. The highest BCUT2D eigenvalue weighted by Crippen LogP contribution is 2.20. The van der Waals surface area contributed by atoms with E-state index in [2.05, 4.69) is 31.6 Å². The van der Waals surface area contributed by atoms with Gasteiger partial charge in [-0.3, -0.25) is 9.69 Å². The predicted octanol–water partition coefficient (Wildman–Crippen LogP) is 2.61. The summed E-state index contributed by atoms with van der Waals surface area (Å²) in [6.07, 6.45) is 4.66. The third-order valence-corrected chi connectivity index (χ3v) is 5.08. The van der Waals surface area contributed by atoms with Crippen molar-refractivity contribution in [2.45, 2.75) is 26.3 Å². The van der Waals surface area contributed by atoms with Gasteiger partial charge in [-0.1, -0.05) is 6.07 Å². The van der Waals surface area contributed by atoms with Gasteiger partial charge in [0.05, 0.1) is 6.04 Å². The second kappa shape index (κ2) is 7.72. The summed E-state index contributed by atoms with van der Waals surface area (Å²) in [5.41, 5.74) is 1.16. The Hall–Kier alpha value is -1.99. The first-order valence-electron chi connectivity index (χ1n) is 8.23. The number of pyridine rings is 1. The number of nitrogens with one attached hydrogen (secondary N) is 2. The lowest BCUT2D eigenvalue weighted by molar-refractivity contribution is -0.120. The molecular weight excluding hydrogens is 322 g/mol. The highest BCUT2D eigenvalue weighted by atomic mass is 32.1. The molecular formula is C17H23N5OS. The number of aromatic nitrogens is 2. The van der Waals surface area contributed by atoms with Crippen LogP contribution >= 0.6 is 11.3 Å². The van der Waals surface area contributed by atoms with Crippen molar-refractivity contribution in [3.8, 4) is 0 Å². The Kier molecular flexibility index (Phi) is 5.42. The Morgan fingerprint density at radius 3 is 3.04 bits per heavy atom. The number of carbonyl (C=O) groups is 1. The first-order valence-corrected chi connectivity index (χ1v) is 9.10.